The summed E-state index contributed by atoms with van der Waals surface area (Å²) in [6.07, 6.45) is 0. The minimum Gasteiger partial charge on any atom is -0.465 e. The van der Waals surface area contributed by atoms with Crippen LogP contribution in [0.3, 0.4) is 0 Å². The summed E-state index contributed by atoms with van der Waals surface area (Å²) in [4.78, 5) is 35.4. The minimum absolute atomic E-state index is 0.207. The molecule has 7 heteroatoms. The Labute approximate surface area is 137 Å². The van der Waals surface area contributed by atoms with E-state index in [1.807, 2.05) is 0 Å². The molecule has 0 aliphatic carbocycles. The van der Waals surface area contributed by atoms with E-state index < -0.39 is 23.6 Å². The Morgan fingerprint density at radius 2 is 1.71 bits per heavy atom. The lowest BCUT2D eigenvalue weighted by atomic mass is 10.2. The van der Waals surface area contributed by atoms with Gasteiger partial charge in [0.05, 0.1) is 24.9 Å². The molecule has 2 rings (SSSR count). The number of esters is 1. The first-order valence-electron chi connectivity index (χ1n) is 7.02. The molecule has 0 unspecified atom stereocenters. The summed E-state index contributed by atoms with van der Waals surface area (Å²) in [5.41, 5.74) is 0.725. The number of hydrogen-bond acceptors (Lipinski definition) is 4. The second-order valence-electron chi connectivity index (χ2n) is 4.77. The zero-order valence-electron chi connectivity index (χ0n) is 12.8. The Morgan fingerprint density at radius 1 is 1.04 bits per heavy atom. The molecule has 2 N–H and O–H groups in total. The van der Waals surface area contributed by atoms with E-state index in [9.17, 15) is 18.8 Å². The number of methoxy groups -OCH3 is 1. The Morgan fingerprint density at radius 3 is 2.38 bits per heavy atom. The highest BCUT2D eigenvalue weighted by Crippen LogP contribution is 2.15. The number of para-hydroxylation sites is 1. The van der Waals surface area contributed by atoms with E-state index in [0.29, 0.717) is 0 Å². The summed E-state index contributed by atoms with van der Waals surface area (Å²) in [6.45, 7) is -0.300. The molecule has 24 heavy (non-hydrogen) atoms. The van der Waals surface area contributed by atoms with Gasteiger partial charge in [0.1, 0.15) is 5.82 Å². The third-order valence-corrected chi connectivity index (χ3v) is 3.12. The first-order chi connectivity index (χ1) is 11.5. The predicted octanol–water partition coefficient (Wildman–Crippen LogP) is 1.98. The van der Waals surface area contributed by atoms with Gasteiger partial charge in [-0.1, -0.05) is 12.1 Å². The summed E-state index contributed by atoms with van der Waals surface area (Å²) in [5.74, 6) is -2.06. The van der Waals surface area contributed by atoms with Crippen LogP contribution in [0.4, 0.5) is 10.1 Å². The average molecular weight is 330 g/mol. The molecule has 0 saturated heterocycles. The van der Waals surface area contributed by atoms with Crippen molar-refractivity contribution in [2.45, 2.75) is 0 Å². The molecule has 0 saturated carbocycles. The van der Waals surface area contributed by atoms with Crippen molar-refractivity contribution >= 4 is 23.5 Å². The van der Waals surface area contributed by atoms with Crippen molar-refractivity contribution in [3.8, 4) is 0 Å². The van der Waals surface area contributed by atoms with Crippen molar-refractivity contribution in [1.29, 1.82) is 0 Å². The standard InChI is InChI=1S/C17H15FN2O4/c1-24-17(23)13-4-2-3-5-14(13)20-15(21)10-19-16(22)11-6-8-12(18)9-7-11/h2-9H,10H2,1H3,(H,19,22)(H,20,21). The van der Waals surface area contributed by atoms with Crippen LogP contribution in [0.1, 0.15) is 20.7 Å². The van der Waals surface area contributed by atoms with Crippen LogP contribution in [-0.4, -0.2) is 31.4 Å². The lowest BCUT2D eigenvalue weighted by Crippen LogP contribution is -2.33. The molecule has 0 spiro atoms. The Bertz CT molecular complexity index is 759. The van der Waals surface area contributed by atoms with Crippen LogP contribution in [0, 0.1) is 5.82 Å². The van der Waals surface area contributed by atoms with Crippen molar-refractivity contribution in [3.05, 3.63) is 65.5 Å². The van der Waals surface area contributed by atoms with Crippen LogP contribution in [0.25, 0.3) is 0 Å². The molecule has 2 aromatic carbocycles. The second-order valence-corrected chi connectivity index (χ2v) is 4.77. The molecule has 0 aliphatic heterocycles. The fourth-order valence-corrected chi connectivity index (χ4v) is 1.94. The van der Waals surface area contributed by atoms with Crippen LogP contribution >= 0.6 is 0 Å². The van der Waals surface area contributed by atoms with Gasteiger partial charge in [0.2, 0.25) is 5.91 Å². The van der Waals surface area contributed by atoms with Crippen molar-refractivity contribution in [1.82, 2.24) is 5.32 Å². The Hall–Kier alpha value is -3.22. The number of amides is 2. The maximum atomic E-state index is 12.8. The van der Waals surface area contributed by atoms with Crippen LogP contribution in [-0.2, 0) is 9.53 Å². The lowest BCUT2D eigenvalue weighted by molar-refractivity contribution is -0.115. The van der Waals surface area contributed by atoms with E-state index in [0.717, 1.165) is 12.1 Å². The topological polar surface area (TPSA) is 84.5 Å². The number of carbonyl (C=O) groups is 3. The van der Waals surface area contributed by atoms with Gasteiger partial charge in [-0.05, 0) is 36.4 Å². The zero-order valence-corrected chi connectivity index (χ0v) is 12.8. The molecule has 0 aromatic heterocycles. The molecule has 2 aromatic rings. The van der Waals surface area contributed by atoms with Crippen LogP contribution in [0.5, 0.6) is 0 Å². The Kier molecular flexibility index (Phi) is 5.62. The number of nitrogens with one attached hydrogen (secondary N) is 2. The van der Waals surface area contributed by atoms with Crippen molar-refractivity contribution in [3.63, 3.8) is 0 Å². The first-order valence-corrected chi connectivity index (χ1v) is 7.02. The SMILES string of the molecule is COC(=O)c1ccccc1NC(=O)CNC(=O)c1ccc(F)cc1. The summed E-state index contributed by atoms with van der Waals surface area (Å²) in [6, 6.07) is 11.3. The van der Waals surface area contributed by atoms with Gasteiger partial charge in [0, 0.05) is 5.56 Å². The monoisotopic (exact) mass is 330 g/mol. The van der Waals surface area contributed by atoms with E-state index in [1.54, 1.807) is 18.2 Å². The van der Waals surface area contributed by atoms with Gasteiger partial charge in [0.25, 0.3) is 5.91 Å². The molecule has 0 bridgehead atoms. The van der Waals surface area contributed by atoms with Crippen molar-refractivity contribution in [2.75, 3.05) is 19.0 Å². The largest absolute Gasteiger partial charge is 0.465 e. The van der Waals surface area contributed by atoms with Crippen LogP contribution in [0.2, 0.25) is 0 Å². The number of halogens is 1. The summed E-state index contributed by atoms with van der Waals surface area (Å²) < 4.78 is 17.4. The molecular weight excluding hydrogens is 315 g/mol. The minimum atomic E-state index is -0.582. The summed E-state index contributed by atoms with van der Waals surface area (Å²) >= 11 is 0. The number of rotatable bonds is 5. The van der Waals surface area contributed by atoms with E-state index in [2.05, 4.69) is 15.4 Å². The number of anilines is 1. The number of benzene rings is 2. The van der Waals surface area contributed by atoms with Crippen LogP contribution < -0.4 is 10.6 Å². The number of hydrogen-bond donors (Lipinski definition) is 2. The van der Waals surface area contributed by atoms with Gasteiger partial charge in [0.15, 0.2) is 0 Å². The van der Waals surface area contributed by atoms with Gasteiger partial charge in [-0.25, -0.2) is 9.18 Å². The van der Waals surface area contributed by atoms with Gasteiger partial charge in [-0.2, -0.15) is 0 Å². The number of ether oxygens (including phenoxy) is 1. The van der Waals surface area contributed by atoms with Crippen molar-refractivity contribution in [2.24, 2.45) is 0 Å². The lowest BCUT2D eigenvalue weighted by Gasteiger charge is -2.10. The molecule has 2 amide bonds. The molecule has 0 aliphatic rings. The highest BCUT2D eigenvalue weighted by atomic mass is 19.1. The maximum absolute atomic E-state index is 12.8. The first kappa shape index (κ1) is 17.1. The quantitative estimate of drug-likeness (QED) is 0.821. The molecular formula is C17H15FN2O4. The molecule has 0 heterocycles. The van der Waals surface area contributed by atoms with Gasteiger partial charge in [-0.3, -0.25) is 9.59 Å². The van der Waals surface area contributed by atoms with E-state index in [1.165, 1.54) is 25.3 Å². The van der Waals surface area contributed by atoms with E-state index >= 15 is 0 Å². The van der Waals surface area contributed by atoms with E-state index in [4.69, 9.17) is 0 Å². The molecule has 0 fully saturated rings. The fraction of sp³-hybridized carbons (Fsp3) is 0.118. The van der Waals surface area contributed by atoms with Gasteiger partial charge < -0.3 is 15.4 Å². The molecule has 0 atom stereocenters. The average Bonchev–Trinajstić information content (AvgIpc) is 2.60. The molecule has 124 valence electrons. The fourth-order valence-electron chi connectivity index (χ4n) is 1.94. The molecule has 6 nitrogen and oxygen atoms in total. The Balaban J connectivity index is 1.95. The van der Waals surface area contributed by atoms with Crippen LogP contribution in [0.15, 0.2) is 48.5 Å². The van der Waals surface area contributed by atoms with Gasteiger partial charge >= 0.3 is 5.97 Å². The zero-order chi connectivity index (χ0) is 17.5. The normalized spacial score (nSPS) is 9.92. The smallest absolute Gasteiger partial charge is 0.339 e. The third kappa shape index (κ3) is 4.39. The van der Waals surface area contributed by atoms with Gasteiger partial charge in [-0.15, -0.1) is 0 Å². The highest BCUT2D eigenvalue weighted by molar-refractivity contribution is 6.03. The summed E-state index contributed by atoms with van der Waals surface area (Å²) in [5, 5.41) is 4.94. The highest BCUT2D eigenvalue weighted by Gasteiger charge is 2.14. The predicted molar refractivity (Wildman–Crippen MR) is 85.1 cm³/mol. The van der Waals surface area contributed by atoms with Crippen molar-refractivity contribution < 1.29 is 23.5 Å². The summed E-state index contributed by atoms with van der Waals surface area (Å²) in [7, 11) is 1.24. The van der Waals surface area contributed by atoms with E-state index in [-0.39, 0.29) is 23.4 Å². The maximum Gasteiger partial charge on any atom is 0.339 e. The molecule has 0 radical (unpaired) electrons. The second kappa shape index (κ2) is 7.87. The third-order valence-electron chi connectivity index (χ3n) is 3.12. The number of carbonyl (C=O) groups excluding carboxylic acids is 3.